The van der Waals surface area contributed by atoms with Gasteiger partial charge in [0.25, 0.3) is 5.91 Å². The molecule has 0 saturated heterocycles. The molecule has 0 bridgehead atoms. The highest BCUT2D eigenvalue weighted by atomic mass is 35.5. The molecule has 0 saturated carbocycles. The van der Waals surface area contributed by atoms with E-state index in [1.807, 2.05) is 56.3 Å². The molecular weight excluding hydrogens is 348 g/mol. The van der Waals surface area contributed by atoms with E-state index in [2.05, 4.69) is 20.6 Å². The fourth-order valence-corrected chi connectivity index (χ4v) is 2.74. The first kappa shape index (κ1) is 17.9. The van der Waals surface area contributed by atoms with Crippen LogP contribution in [0.2, 0.25) is 5.02 Å². The minimum Gasteiger partial charge on any atom is -0.344 e. The summed E-state index contributed by atoms with van der Waals surface area (Å²) in [5.74, 6) is 0.297. The zero-order valence-corrected chi connectivity index (χ0v) is 15.3. The molecule has 0 radical (unpaired) electrons. The van der Waals surface area contributed by atoms with E-state index in [9.17, 15) is 4.79 Å². The number of aryl methyl sites for hydroxylation is 1. The fraction of sp³-hybridized carbons (Fsp3) is 0.150. The summed E-state index contributed by atoms with van der Waals surface area (Å²) in [6, 6.07) is 15.2. The zero-order valence-electron chi connectivity index (χ0n) is 14.5. The molecule has 6 heteroatoms. The molecule has 1 unspecified atom stereocenters. The second-order valence-electron chi connectivity index (χ2n) is 5.98. The van der Waals surface area contributed by atoms with Crippen molar-refractivity contribution in [3.63, 3.8) is 0 Å². The third-order valence-corrected chi connectivity index (χ3v) is 4.22. The zero-order chi connectivity index (χ0) is 18.5. The van der Waals surface area contributed by atoms with Crippen LogP contribution < -0.4 is 10.6 Å². The molecule has 0 aliphatic carbocycles. The van der Waals surface area contributed by atoms with Crippen LogP contribution in [0.3, 0.4) is 0 Å². The first-order chi connectivity index (χ1) is 12.5. The lowest BCUT2D eigenvalue weighted by molar-refractivity contribution is 0.0934. The van der Waals surface area contributed by atoms with E-state index >= 15 is 0 Å². The molecular formula is C20H19ClN4O. The summed E-state index contributed by atoms with van der Waals surface area (Å²) in [5, 5.41) is 6.77. The number of rotatable bonds is 5. The van der Waals surface area contributed by atoms with Crippen molar-refractivity contribution in [1.82, 2.24) is 15.3 Å². The lowest BCUT2D eigenvalue weighted by Gasteiger charge is -2.14. The quantitative estimate of drug-likeness (QED) is 0.688. The van der Waals surface area contributed by atoms with Crippen LogP contribution in [-0.2, 0) is 0 Å². The van der Waals surface area contributed by atoms with Crippen molar-refractivity contribution in [3.05, 3.63) is 82.8 Å². The molecule has 0 aliphatic rings. The summed E-state index contributed by atoms with van der Waals surface area (Å²) in [4.78, 5) is 20.8. The first-order valence-corrected chi connectivity index (χ1v) is 8.62. The van der Waals surface area contributed by atoms with Gasteiger partial charge in [-0.3, -0.25) is 4.79 Å². The molecule has 0 spiro atoms. The van der Waals surface area contributed by atoms with Gasteiger partial charge in [-0.1, -0.05) is 41.9 Å². The highest BCUT2D eigenvalue weighted by Gasteiger charge is 2.13. The Hall–Kier alpha value is -2.92. The highest BCUT2D eigenvalue weighted by molar-refractivity contribution is 6.30. The minimum atomic E-state index is -0.261. The number of carbonyl (C=O) groups is 1. The summed E-state index contributed by atoms with van der Waals surface area (Å²) < 4.78 is 0. The average molecular weight is 367 g/mol. The van der Waals surface area contributed by atoms with Crippen molar-refractivity contribution in [3.8, 4) is 0 Å². The van der Waals surface area contributed by atoms with E-state index in [1.165, 1.54) is 12.4 Å². The molecule has 2 aromatic carbocycles. The van der Waals surface area contributed by atoms with Gasteiger partial charge in [-0.25, -0.2) is 9.97 Å². The van der Waals surface area contributed by atoms with Crippen molar-refractivity contribution in [2.45, 2.75) is 19.9 Å². The predicted octanol–water partition coefficient (Wildman–Crippen LogP) is 4.67. The summed E-state index contributed by atoms with van der Waals surface area (Å²) in [6.45, 7) is 3.88. The maximum Gasteiger partial charge on any atom is 0.271 e. The Kier molecular flexibility index (Phi) is 5.49. The van der Waals surface area contributed by atoms with Crippen LogP contribution in [0.25, 0.3) is 0 Å². The van der Waals surface area contributed by atoms with Crippen LogP contribution >= 0.6 is 11.6 Å². The van der Waals surface area contributed by atoms with E-state index in [0.29, 0.717) is 10.8 Å². The number of hydrogen-bond acceptors (Lipinski definition) is 4. The van der Waals surface area contributed by atoms with Crippen molar-refractivity contribution in [1.29, 1.82) is 0 Å². The smallest absolute Gasteiger partial charge is 0.271 e. The SMILES string of the molecule is Cc1cc(Cl)ccc1Nc1cnc(C(=O)NC(C)c2ccccc2)cn1. The monoisotopic (exact) mass is 366 g/mol. The Morgan fingerprint density at radius 1 is 1.08 bits per heavy atom. The molecule has 1 aromatic heterocycles. The number of anilines is 2. The Bertz CT molecular complexity index is 897. The molecule has 3 aromatic rings. The number of benzene rings is 2. The van der Waals surface area contributed by atoms with E-state index < -0.39 is 0 Å². The lowest BCUT2D eigenvalue weighted by Crippen LogP contribution is -2.27. The molecule has 0 aliphatic heterocycles. The van der Waals surface area contributed by atoms with Crippen LogP contribution in [0, 0.1) is 6.92 Å². The van der Waals surface area contributed by atoms with E-state index in [-0.39, 0.29) is 17.6 Å². The van der Waals surface area contributed by atoms with Crippen molar-refractivity contribution >= 4 is 29.0 Å². The summed E-state index contributed by atoms with van der Waals surface area (Å²) in [5.41, 5.74) is 3.19. The summed E-state index contributed by atoms with van der Waals surface area (Å²) in [6.07, 6.45) is 3.00. The maximum atomic E-state index is 12.3. The van der Waals surface area contributed by atoms with Crippen molar-refractivity contribution in [2.75, 3.05) is 5.32 Å². The number of carbonyl (C=O) groups excluding carboxylic acids is 1. The Morgan fingerprint density at radius 2 is 1.85 bits per heavy atom. The Morgan fingerprint density at radius 3 is 2.50 bits per heavy atom. The molecule has 1 atom stereocenters. The first-order valence-electron chi connectivity index (χ1n) is 8.24. The van der Waals surface area contributed by atoms with Crippen molar-refractivity contribution < 1.29 is 4.79 Å². The third kappa shape index (κ3) is 4.37. The van der Waals surface area contributed by atoms with Crippen LogP contribution in [0.1, 0.15) is 34.6 Å². The molecule has 2 N–H and O–H groups in total. The number of halogens is 1. The predicted molar refractivity (Wildman–Crippen MR) is 104 cm³/mol. The van der Waals surface area contributed by atoms with Gasteiger partial charge in [-0.15, -0.1) is 0 Å². The van der Waals surface area contributed by atoms with Gasteiger partial charge < -0.3 is 10.6 Å². The second-order valence-corrected chi connectivity index (χ2v) is 6.41. The van der Waals surface area contributed by atoms with Gasteiger partial charge in [0.1, 0.15) is 11.5 Å². The number of hydrogen-bond donors (Lipinski definition) is 2. The fourth-order valence-electron chi connectivity index (χ4n) is 2.51. The van der Waals surface area contributed by atoms with Crippen LogP contribution in [0.15, 0.2) is 60.9 Å². The molecule has 0 fully saturated rings. The molecule has 132 valence electrons. The number of nitrogens with one attached hydrogen (secondary N) is 2. The number of nitrogens with zero attached hydrogens (tertiary/aromatic N) is 2. The topological polar surface area (TPSA) is 66.9 Å². The molecule has 5 nitrogen and oxygen atoms in total. The van der Waals surface area contributed by atoms with Gasteiger partial charge in [0.05, 0.1) is 18.4 Å². The maximum absolute atomic E-state index is 12.3. The van der Waals surface area contributed by atoms with Gasteiger partial charge in [-0.05, 0) is 43.2 Å². The van der Waals surface area contributed by atoms with E-state index in [0.717, 1.165) is 16.8 Å². The molecule has 1 heterocycles. The van der Waals surface area contributed by atoms with Gasteiger partial charge in [-0.2, -0.15) is 0 Å². The average Bonchev–Trinajstić information content (AvgIpc) is 2.65. The lowest BCUT2D eigenvalue weighted by atomic mass is 10.1. The largest absolute Gasteiger partial charge is 0.344 e. The van der Waals surface area contributed by atoms with Crippen molar-refractivity contribution in [2.24, 2.45) is 0 Å². The summed E-state index contributed by atoms with van der Waals surface area (Å²) >= 11 is 5.96. The van der Waals surface area contributed by atoms with Crippen LogP contribution in [0.5, 0.6) is 0 Å². The van der Waals surface area contributed by atoms with Gasteiger partial charge >= 0.3 is 0 Å². The second kappa shape index (κ2) is 7.97. The molecule has 3 rings (SSSR count). The molecule has 26 heavy (non-hydrogen) atoms. The number of aromatic nitrogens is 2. The molecule has 1 amide bonds. The van der Waals surface area contributed by atoms with Gasteiger partial charge in [0.2, 0.25) is 0 Å². The van der Waals surface area contributed by atoms with Crippen LogP contribution in [0.4, 0.5) is 11.5 Å². The highest BCUT2D eigenvalue weighted by Crippen LogP contribution is 2.22. The van der Waals surface area contributed by atoms with E-state index in [4.69, 9.17) is 11.6 Å². The van der Waals surface area contributed by atoms with Gasteiger partial charge in [0, 0.05) is 10.7 Å². The Balaban J connectivity index is 1.66. The minimum absolute atomic E-state index is 0.111. The van der Waals surface area contributed by atoms with Crippen LogP contribution in [-0.4, -0.2) is 15.9 Å². The summed E-state index contributed by atoms with van der Waals surface area (Å²) in [7, 11) is 0. The normalized spacial score (nSPS) is 11.7. The van der Waals surface area contributed by atoms with Gasteiger partial charge in [0.15, 0.2) is 0 Å². The standard InChI is InChI=1S/C20H19ClN4O/c1-13-10-16(21)8-9-17(13)25-19-12-22-18(11-23-19)20(26)24-14(2)15-6-4-3-5-7-15/h3-12,14H,1-2H3,(H,23,25)(H,24,26). The number of amides is 1. The Labute approximate surface area is 157 Å². The third-order valence-electron chi connectivity index (χ3n) is 3.98. The van der Waals surface area contributed by atoms with E-state index in [1.54, 1.807) is 6.07 Å².